The van der Waals surface area contributed by atoms with Gasteiger partial charge in [0.2, 0.25) is 5.75 Å². The molecule has 0 aromatic heterocycles. The molecule has 0 aliphatic carbocycles. The van der Waals surface area contributed by atoms with E-state index < -0.39 is 29.2 Å². The number of likely N-dealkylation sites (tertiary alicyclic amines) is 1. The van der Waals surface area contributed by atoms with Crippen molar-refractivity contribution >= 4 is 5.97 Å². The molecule has 3 nitrogen and oxygen atoms in total. The predicted molar refractivity (Wildman–Crippen MR) is 62.2 cm³/mol. The molecular formula is C13H14F3NO2. The zero-order chi connectivity index (χ0) is 14.0. The van der Waals surface area contributed by atoms with E-state index in [1.54, 1.807) is 0 Å². The minimum atomic E-state index is -1.21. The number of ether oxygens (including phenoxy) is 1. The van der Waals surface area contributed by atoms with Crippen LogP contribution in [0.25, 0.3) is 0 Å². The van der Waals surface area contributed by atoms with Crippen LogP contribution in [0.1, 0.15) is 12.8 Å². The average molecular weight is 273 g/mol. The standard InChI is InChI=1S/C13H14F3NO2/c1-17-4-2-8(3-5-17)13(18)19-12-10(15)6-9(14)7-11(12)16/h6-8H,2-5H2,1H3. The van der Waals surface area contributed by atoms with Crippen LogP contribution in [-0.2, 0) is 4.79 Å². The normalized spacial score (nSPS) is 17.5. The summed E-state index contributed by atoms with van der Waals surface area (Å²) in [4.78, 5) is 13.9. The fourth-order valence-electron chi connectivity index (χ4n) is 2.05. The van der Waals surface area contributed by atoms with Gasteiger partial charge >= 0.3 is 5.97 Å². The first-order chi connectivity index (χ1) is 8.97. The van der Waals surface area contributed by atoms with E-state index in [9.17, 15) is 18.0 Å². The summed E-state index contributed by atoms with van der Waals surface area (Å²) in [5.41, 5.74) is 0. The third-order valence-corrected chi connectivity index (χ3v) is 3.22. The van der Waals surface area contributed by atoms with Crippen molar-refractivity contribution in [1.82, 2.24) is 4.90 Å². The second kappa shape index (κ2) is 5.61. The lowest BCUT2D eigenvalue weighted by Crippen LogP contribution is -2.35. The van der Waals surface area contributed by atoms with Gasteiger partial charge in [-0.3, -0.25) is 4.79 Å². The maximum Gasteiger partial charge on any atom is 0.314 e. The molecule has 0 amide bonds. The first kappa shape index (κ1) is 13.9. The van der Waals surface area contributed by atoms with E-state index in [4.69, 9.17) is 4.74 Å². The molecule has 0 N–H and O–H groups in total. The van der Waals surface area contributed by atoms with Crippen molar-refractivity contribution in [3.05, 3.63) is 29.6 Å². The highest BCUT2D eigenvalue weighted by Crippen LogP contribution is 2.25. The van der Waals surface area contributed by atoms with Crippen LogP contribution in [0.15, 0.2) is 12.1 Å². The molecule has 19 heavy (non-hydrogen) atoms. The van der Waals surface area contributed by atoms with E-state index in [0.717, 1.165) is 13.1 Å². The third kappa shape index (κ3) is 3.26. The van der Waals surface area contributed by atoms with Crippen LogP contribution in [0.5, 0.6) is 5.75 Å². The van der Waals surface area contributed by atoms with Gasteiger partial charge in [-0.25, -0.2) is 13.2 Å². The summed E-state index contributed by atoms with van der Waals surface area (Å²) in [6.45, 7) is 1.46. The molecule has 104 valence electrons. The Hall–Kier alpha value is -1.56. The molecule has 1 aromatic carbocycles. The second-order valence-corrected chi connectivity index (χ2v) is 4.70. The van der Waals surface area contributed by atoms with Crippen LogP contribution in [0, 0.1) is 23.4 Å². The third-order valence-electron chi connectivity index (χ3n) is 3.22. The van der Waals surface area contributed by atoms with Gasteiger partial charge in [-0.2, -0.15) is 0 Å². The topological polar surface area (TPSA) is 29.5 Å². The van der Waals surface area contributed by atoms with Crippen molar-refractivity contribution in [2.45, 2.75) is 12.8 Å². The van der Waals surface area contributed by atoms with Gasteiger partial charge in [-0.15, -0.1) is 0 Å². The van der Waals surface area contributed by atoms with Gasteiger partial charge in [0.05, 0.1) is 5.92 Å². The molecule has 0 unspecified atom stereocenters. The Kier molecular flexibility index (Phi) is 4.09. The Morgan fingerprint density at radius 2 is 1.74 bits per heavy atom. The quantitative estimate of drug-likeness (QED) is 0.612. The number of hydrogen-bond donors (Lipinski definition) is 0. The number of benzene rings is 1. The van der Waals surface area contributed by atoms with Crippen LogP contribution in [0.3, 0.4) is 0 Å². The van der Waals surface area contributed by atoms with Crippen molar-refractivity contribution in [3.63, 3.8) is 0 Å². The minimum Gasteiger partial charge on any atom is -0.420 e. The lowest BCUT2D eigenvalue weighted by atomic mass is 9.97. The summed E-state index contributed by atoms with van der Waals surface area (Å²) in [6.07, 6.45) is 1.17. The second-order valence-electron chi connectivity index (χ2n) is 4.70. The van der Waals surface area contributed by atoms with Crippen molar-refractivity contribution in [3.8, 4) is 5.75 Å². The van der Waals surface area contributed by atoms with Gasteiger partial charge in [-0.05, 0) is 33.0 Å². The molecule has 2 rings (SSSR count). The fourth-order valence-corrected chi connectivity index (χ4v) is 2.05. The summed E-state index contributed by atoms with van der Waals surface area (Å²) in [7, 11) is 1.93. The largest absolute Gasteiger partial charge is 0.420 e. The van der Waals surface area contributed by atoms with Gasteiger partial charge in [0.1, 0.15) is 5.82 Å². The maximum absolute atomic E-state index is 13.3. The van der Waals surface area contributed by atoms with Gasteiger partial charge in [0, 0.05) is 12.1 Å². The minimum absolute atomic E-state index is 0.375. The van der Waals surface area contributed by atoms with E-state index in [1.807, 2.05) is 7.05 Å². The van der Waals surface area contributed by atoms with Gasteiger partial charge in [0.15, 0.2) is 11.6 Å². The Bertz CT molecular complexity index is 462. The number of piperidine rings is 1. The molecule has 0 radical (unpaired) electrons. The Balaban J connectivity index is 2.07. The average Bonchev–Trinajstić information content (AvgIpc) is 2.34. The van der Waals surface area contributed by atoms with Gasteiger partial charge in [-0.1, -0.05) is 0 Å². The highest BCUT2D eigenvalue weighted by atomic mass is 19.1. The van der Waals surface area contributed by atoms with E-state index in [0.29, 0.717) is 25.0 Å². The van der Waals surface area contributed by atoms with Crippen molar-refractivity contribution < 1.29 is 22.7 Å². The molecule has 1 aliphatic heterocycles. The molecular weight excluding hydrogens is 259 g/mol. The van der Waals surface area contributed by atoms with Gasteiger partial charge in [0.25, 0.3) is 0 Å². The molecule has 6 heteroatoms. The number of esters is 1. The number of carbonyl (C=O) groups is 1. The lowest BCUT2D eigenvalue weighted by molar-refractivity contribution is -0.140. The number of halogens is 3. The van der Waals surface area contributed by atoms with Crippen LogP contribution < -0.4 is 4.74 Å². The number of hydrogen-bond acceptors (Lipinski definition) is 3. The number of carbonyl (C=O) groups excluding carboxylic acids is 1. The van der Waals surface area contributed by atoms with Crippen LogP contribution in [0.2, 0.25) is 0 Å². The summed E-state index contributed by atoms with van der Waals surface area (Å²) in [5, 5.41) is 0. The Morgan fingerprint density at radius 1 is 1.21 bits per heavy atom. The fraction of sp³-hybridized carbons (Fsp3) is 0.462. The Labute approximate surface area is 109 Å². The molecule has 1 saturated heterocycles. The summed E-state index contributed by atoms with van der Waals surface area (Å²) >= 11 is 0. The van der Waals surface area contributed by atoms with Crippen molar-refractivity contribution in [2.75, 3.05) is 20.1 Å². The van der Waals surface area contributed by atoms with Crippen LogP contribution in [0.4, 0.5) is 13.2 Å². The Morgan fingerprint density at radius 3 is 2.26 bits per heavy atom. The molecule has 0 atom stereocenters. The molecule has 0 bridgehead atoms. The van der Waals surface area contributed by atoms with Crippen LogP contribution in [-0.4, -0.2) is 31.0 Å². The molecule has 1 fully saturated rings. The van der Waals surface area contributed by atoms with Crippen molar-refractivity contribution in [2.24, 2.45) is 5.92 Å². The molecule has 1 heterocycles. The lowest BCUT2D eigenvalue weighted by Gasteiger charge is -2.27. The summed E-state index contributed by atoms with van der Waals surface area (Å²) in [6, 6.07) is 0.973. The molecule has 0 saturated carbocycles. The molecule has 1 aliphatic rings. The predicted octanol–water partition coefficient (Wildman–Crippen LogP) is 2.35. The number of nitrogens with zero attached hydrogens (tertiary/aromatic N) is 1. The molecule has 0 spiro atoms. The molecule has 1 aromatic rings. The van der Waals surface area contributed by atoms with E-state index in [2.05, 4.69) is 4.90 Å². The highest BCUT2D eigenvalue weighted by molar-refractivity contribution is 5.75. The van der Waals surface area contributed by atoms with Crippen LogP contribution >= 0.6 is 0 Å². The first-order valence-electron chi connectivity index (χ1n) is 6.02. The number of rotatable bonds is 2. The zero-order valence-electron chi connectivity index (χ0n) is 10.5. The highest BCUT2D eigenvalue weighted by Gasteiger charge is 2.27. The SMILES string of the molecule is CN1CCC(C(=O)Oc2c(F)cc(F)cc2F)CC1. The van der Waals surface area contributed by atoms with E-state index in [1.165, 1.54) is 0 Å². The summed E-state index contributed by atoms with van der Waals surface area (Å²) in [5.74, 6) is -5.34. The van der Waals surface area contributed by atoms with E-state index in [-0.39, 0.29) is 5.92 Å². The van der Waals surface area contributed by atoms with Gasteiger partial charge < -0.3 is 9.64 Å². The monoisotopic (exact) mass is 273 g/mol. The van der Waals surface area contributed by atoms with E-state index >= 15 is 0 Å². The zero-order valence-corrected chi connectivity index (χ0v) is 10.5. The first-order valence-corrected chi connectivity index (χ1v) is 6.02. The maximum atomic E-state index is 13.3. The smallest absolute Gasteiger partial charge is 0.314 e. The van der Waals surface area contributed by atoms with Crippen molar-refractivity contribution in [1.29, 1.82) is 0 Å². The summed E-state index contributed by atoms with van der Waals surface area (Å²) < 4.78 is 44.1.